The molecule has 9 heteroatoms. The molecular weight excluding hydrogens is 381 g/mol. The lowest BCUT2D eigenvalue weighted by Gasteiger charge is -2.09. The van der Waals surface area contributed by atoms with Gasteiger partial charge in [0.05, 0.1) is 14.3 Å². The van der Waals surface area contributed by atoms with E-state index < -0.39 is 26.3 Å². The molecule has 2 aromatic rings. The topological polar surface area (TPSA) is 86.5 Å². The number of nitro groups is 1. The summed E-state index contributed by atoms with van der Waals surface area (Å²) < 4.78 is 41.6. The monoisotopic (exact) mass is 389 g/mol. The standard InChI is InChI=1S/C13H9BrFNO5S/c1-22(19,20)9-3-5-13(11(7-9)16(17)18)21-12-4-2-8(15)6-10(12)14/h2-7H,1H3. The Balaban J connectivity index is 2.49. The number of ether oxygens (including phenoxy) is 1. The fourth-order valence-corrected chi connectivity index (χ4v) is 2.71. The maximum atomic E-state index is 13.0. The Bertz CT molecular complexity index is 854. The Morgan fingerprint density at radius 2 is 1.82 bits per heavy atom. The zero-order chi connectivity index (χ0) is 16.5. The van der Waals surface area contributed by atoms with Gasteiger partial charge in [-0.15, -0.1) is 0 Å². The normalized spacial score (nSPS) is 11.2. The van der Waals surface area contributed by atoms with Gasteiger partial charge in [-0.3, -0.25) is 10.1 Å². The second kappa shape index (κ2) is 6.01. The van der Waals surface area contributed by atoms with Crippen molar-refractivity contribution < 1.29 is 22.5 Å². The molecule has 22 heavy (non-hydrogen) atoms. The molecule has 2 aromatic carbocycles. The summed E-state index contributed by atoms with van der Waals surface area (Å²) in [5, 5.41) is 11.1. The van der Waals surface area contributed by atoms with E-state index >= 15 is 0 Å². The number of hydrogen-bond donors (Lipinski definition) is 0. The Morgan fingerprint density at radius 3 is 2.36 bits per heavy atom. The van der Waals surface area contributed by atoms with Gasteiger partial charge in [-0.1, -0.05) is 0 Å². The molecule has 0 aliphatic rings. The molecule has 0 bridgehead atoms. The van der Waals surface area contributed by atoms with Gasteiger partial charge < -0.3 is 4.74 Å². The highest BCUT2D eigenvalue weighted by atomic mass is 79.9. The zero-order valence-electron chi connectivity index (χ0n) is 11.1. The summed E-state index contributed by atoms with van der Waals surface area (Å²) in [4.78, 5) is 10.2. The Labute approximate surface area is 133 Å². The first-order chi connectivity index (χ1) is 10.2. The van der Waals surface area contributed by atoms with Gasteiger partial charge >= 0.3 is 5.69 Å². The van der Waals surface area contributed by atoms with Crippen molar-refractivity contribution in [1.82, 2.24) is 0 Å². The molecule has 0 amide bonds. The lowest BCUT2D eigenvalue weighted by molar-refractivity contribution is -0.385. The average molecular weight is 390 g/mol. The van der Waals surface area contributed by atoms with Crippen LogP contribution in [0.1, 0.15) is 0 Å². The van der Waals surface area contributed by atoms with Crippen molar-refractivity contribution in [2.45, 2.75) is 4.90 Å². The maximum Gasteiger partial charge on any atom is 0.312 e. The molecule has 0 aromatic heterocycles. The van der Waals surface area contributed by atoms with Crippen molar-refractivity contribution in [1.29, 1.82) is 0 Å². The second-order valence-corrected chi connectivity index (χ2v) is 7.21. The van der Waals surface area contributed by atoms with E-state index in [9.17, 15) is 22.9 Å². The number of sulfone groups is 1. The summed E-state index contributed by atoms with van der Waals surface area (Å²) in [5.74, 6) is -0.484. The highest BCUT2D eigenvalue weighted by Gasteiger charge is 2.21. The van der Waals surface area contributed by atoms with Gasteiger partial charge in [0.15, 0.2) is 9.84 Å². The molecule has 2 rings (SSSR count). The SMILES string of the molecule is CS(=O)(=O)c1ccc(Oc2ccc(F)cc2Br)c([N+](=O)[O-])c1. The fourth-order valence-electron chi connectivity index (χ4n) is 1.63. The zero-order valence-corrected chi connectivity index (χ0v) is 13.5. The van der Waals surface area contributed by atoms with E-state index in [0.29, 0.717) is 0 Å². The van der Waals surface area contributed by atoms with Crippen LogP contribution in [0.5, 0.6) is 11.5 Å². The summed E-state index contributed by atoms with van der Waals surface area (Å²) in [7, 11) is -3.58. The summed E-state index contributed by atoms with van der Waals surface area (Å²) in [6, 6.07) is 6.89. The minimum absolute atomic E-state index is 0.148. The minimum Gasteiger partial charge on any atom is -0.449 e. The molecule has 0 radical (unpaired) electrons. The van der Waals surface area contributed by atoms with Crippen molar-refractivity contribution >= 4 is 31.5 Å². The molecule has 0 unspecified atom stereocenters. The average Bonchev–Trinajstić information content (AvgIpc) is 2.40. The number of rotatable bonds is 4. The van der Waals surface area contributed by atoms with Crippen LogP contribution < -0.4 is 4.74 Å². The molecule has 6 nitrogen and oxygen atoms in total. The van der Waals surface area contributed by atoms with E-state index in [4.69, 9.17) is 4.74 Å². The lowest BCUT2D eigenvalue weighted by Crippen LogP contribution is -2.00. The maximum absolute atomic E-state index is 13.0. The van der Waals surface area contributed by atoms with Gasteiger partial charge in [0.2, 0.25) is 5.75 Å². The van der Waals surface area contributed by atoms with Crippen LogP contribution in [0.15, 0.2) is 45.8 Å². The Morgan fingerprint density at radius 1 is 1.18 bits per heavy atom. The molecule has 0 spiro atoms. The molecular formula is C13H9BrFNO5S. The molecule has 0 aliphatic heterocycles. The summed E-state index contributed by atoms with van der Waals surface area (Å²) in [5.41, 5.74) is -0.501. The van der Waals surface area contributed by atoms with E-state index in [0.717, 1.165) is 24.5 Å². The van der Waals surface area contributed by atoms with Gasteiger partial charge in [0.1, 0.15) is 11.6 Å². The first-order valence-corrected chi connectivity index (χ1v) is 8.48. The molecule has 0 heterocycles. The molecule has 0 N–H and O–H groups in total. The fraction of sp³-hybridized carbons (Fsp3) is 0.0769. The van der Waals surface area contributed by atoms with Crippen LogP contribution in [0.2, 0.25) is 0 Å². The van der Waals surface area contributed by atoms with E-state index in [1.165, 1.54) is 18.2 Å². The van der Waals surface area contributed by atoms with Gasteiger partial charge in [-0.25, -0.2) is 12.8 Å². The van der Waals surface area contributed by atoms with Gasteiger partial charge in [-0.2, -0.15) is 0 Å². The first kappa shape index (κ1) is 16.4. The highest BCUT2D eigenvalue weighted by Crippen LogP contribution is 2.36. The summed E-state index contributed by atoms with van der Waals surface area (Å²) >= 11 is 3.08. The molecule has 0 saturated carbocycles. The summed E-state index contributed by atoms with van der Waals surface area (Å²) in [6.45, 7) is 0. The predicted octanol–water partition coefficient (Wildman–Crippen LogP) is 3.69. The first-order valence-electron chi connectivity index (χ1n) is 5.80. The van der Waals surface area contributed by atoms with E-state index in [-0.39, 0.29) is 20.9 Å². The van der Waals surface area contributed by atoms with Gasteiger partial charge in [0, 0.05) is 12.3 Å². The third kappa shape index (κ3) is 3.60. The van der Waals surface area contributed by atoms with E-state index in [1.54, 1.807) is 0 Å². The van der Waals surface area contributed by atoms with Crippen molar-refractivity contribution in [2.75, 3.05) is 6.26 Å². The third-order valence-electron chi connectivity index (χ3n) is 2.67. The highest BCUT2D eigenvalue weighted by molar-refractivity contribution is 9.10. The lowest BCUT2D eigenvalue weighted by atomic mass is 10.3. The van der Waals surface area contributed by atoms with E-state index in [1.807, 2.05) is 0 Å². The quantitative estimate of drug-likeness (QED) is 0.587. The van der Waals surface area contributed by atoms with Gasteiger partial charge in [-0.05, 0) is 46.3 Å². The number of nitro benzene ring substituents is 1. The number of nitrogens with zero attached hydrogens (tertiary/aromatic N) is 1. The summed E-state index contributed by atoms with van der Waals surface area (Å²) in [6.07, 6.45) is 0.948. The van der Waals surface area contributed by atoms with Crippen LogP contribution in [0, 0.1) is 15.9 Å². The van der Waals surface area contributed by atoms with Crippen molar-refractivity contribution in [3.63, 3.8) is 0 Å². The molecule has 0 saturated heterocycles. The van der Waals surface area contributed by atoms with Crippen LogP contribution in [0.3, 0.4) is 0 Å². The third-order valence-corrected chi connectivity index (χ3v) is 4.40. The smallest absolute Gasteiger partial charge is 0.312 e. The number of halogens is 2. The molecule has 116 valence electrons. The molecule has 0 fully saturated rings. The van der Waals surface area contributed by atoms with Crippen molar-refractivity contribution in [3.05, 3.63) is 56.8 Å². The van der Waals surface area contributed by atoms with E-state index in [2.05, 4.69) is 15.9 Å². The van der Waals surface area contributed by atoms with Gasteiger partial charge in [0.25, 0.3) is 0 Å². The van der Waals surface area contributed by atoms with Crippen LogP contribution in [-0.2, 0) is 9.84 Å². The second-order valence-electron chi connectivity index (χ2n) is 4.34. The predicted molar refractivity (Wildman–Crippen MR) is 80.4 cm³/mol. The molecule has 0 atom stereocenters. The van der Waals surface area contributed by atoms with Crippen LogP contribution in [0.4, 0.5) is 10.1 Å². The Hall–Kier alpha value is -2.00. The number of benzene rings is 2. The minimum atomic E-state index is -3.58. The Kier molecular flexibility index (Phi) is 4.47. The van der Waals surface area contributed by atoms with Crippen LogP contribution in [0.25, 0.3) is 0 Å². The number of hydrogen-bond acceptors (Lipinski definition) is 5. The molecule has 0 aliphatic carbocycles. The van der Waals surface area contributed by atoms with Crippen molar-refractivity contribution in [3.8, 4) is 11.5 Å². The van der Waals surface area contributed by atoms with Crippen LogP contribution >= 0.6 is 15.9 Å². The van der Waals surface area contributed by atoms with Crippen molar-refractivity contribution in [2.24, 2.45) is 0 Å². The van der Waals surface area contributed by atoms with Crippen LogP contribution in [-0.4, -0.2) is 19.6 Å². The largest absolute Gasteiger partial charge is 0.449 e.